The fraction of sp³-hybridized carbons (Fsp3) is 0.550. The number of benzene rings is 1. The van der Waals surface area contributed by atoms with Crippen molar-refractivity contribution in [2.24, 2.45) is 23.5 Å². The summed E-state index contributed by atoms with van der Waals surface area (Å²) in [4.78, 5) is 17.3. The smallest absolute Gasteiger partial charge is 0.227 e. The van der Waals surface area contributed by atoms with E-state index in [4.69, 9.17) is 10.5 Å². The second kappa shape index (κ2) is 9.78. The van der Waals surface area contributed by atoms with Gasteiger partial charge in [-0.15, -0.1) is 24.8 Å². The van der Waals surface area contributed by atoms with Gasteiger partial charge in [0.2, 0.25) is 5.91 Å². The predicted molar refractivity (Wildman–Crippen MR) is 112 cm³/mol. The molecule has 0 radical (unpaired) electrons. The first-order valence-electron chi connectivity index (χ1n) is 9.35. The van der Waals surface area contributed by atoms with Crippen molar-refractivity contribution >= 4 is 30.7 Å². The van der Waals surface area contributed by atoms with Crippen LogP contribution in [0.2, 0.25) is 0 Å². The Bertz CT molecular complexity index is 635. The zero-order chi connectivity index (χ0) is 17.2. The van der Waals surface area contributed by atoms with E-state index in [1.54, 1.807) is 0 Å². The highest BCUT2D eigenvalue weighted by atomic mass is 35.5. The van der Waals surface area contributed by atoms with E-state index in [9.17, 15) is 4.79 Å². The van der Waals surface area contributed by atoms with Crippen LogP contribution < -0.4 is 10.5 Å². The maximum atomic E-state index is 12.9. The quantitative estimate of drug-likeness (QED) is 0.751. The number of fused-ring (bicyclic) bond motifs is 2. The molecule has 1 saturated carbocycles. The van der Waals surface area contributed by atoms with Crippen molar-refractivity contribution in [2.45, 2.75) is 12.5 Å². The molecule has 2 bridgehead atoms. The van der Waals surface area contributed by atoms with Crippen molar-refractivity contribution in [1.82, 2.24) is 9.80 Å². The van der Waals surface area contributed by atoms with Gasteiger partial charge < -0.3 is 15.4 Å². The number of halogens is 2. The first-order chi connectivity index (χ1) is 12.2. The number of carbonyl (C=O) groups excluding carboxylic acids is 1. The molecule has 3 aliphatic rings. The van der Waals surface area contributed by atoms with Gasteiger partial charge in [0.25, 0.3) is 0 Å². The van der Waals surface area contributed by atoms with E-state index >= 15 is 0 Å². The van der Waals surface area contributed by atoms with Gasteiger partial charge in [0, 0.05) is 38.8 Å². The molecule has 1 aliphatic heterocycles. The van der Waals surface area contributed by atoms with Crippen LogP contribution in [-0.2, 0) is 4.79 Å². The average molecular weight is 414 g/mol. The molecule has 1 saturated heterocycles. The lowest BCUT2D eigenvalue weighted by Crippen LogP contribution is -2.53. The number of carbonyl (C=O) groups is 1. The summed E-state index contributed by atoms with van der Waals surface area (Å²) in [5, 5.41) is 0. The molecule has 2 aliphatic carbocycles. The van der Waals surface area contributed by atoms with Gasteiger partial charge in [0.05, 0.1) is 5.92 Å². The minimum absolute atomic E-state index is 0. The number of nitrogens with zero attached hydrogens (tertiary/aromatic N) is 2. The Morgan fingerprint density at radius 3 is 2.33 bits per heavy atom. The highest BCUT2D eigenvalue weighted by Crippen LogP contribution is 2.43. The molecular weight excluding hydrogens is 385 g/mol. The van der Waals surface area contributed by atoms with Crippen molar-refractivity contribution in [3.63, 3.8) is 0 Å². The van der Waals surface area contributed by atoms with Gasteiger partial charge in [-0.05, 0) is 30.4 Å². The zero-order valence-corrected chi connectivity index (χ0v) is 17.0. The number of amides is 1. The number of hydrogen-bond acceptors (Lipinski definition) is 4. The largest absolute Gasteiger partial charge is 0.492 e. The summed E-state index contributed by atoms with van der Waals surface area (Å²) in [6.07, 6.45) is 5.46. The molecule has 4 rings (SSSR count). The molecule has 1 heterocycles. The third-order valence-corrected chi connectivity index (χ3v) is 5.91. The van der Waals surface area contributed by atoms with Crippen molar-refractivity contribution in [3.8, 4) is 5.75 Å². The Morgan fingerprint density at radius 2 is 1.70 bits per heavy atom. The molecule has 1 aromatic rings. The molecule has 0 unspecified atom stereocenters. The minimum Gasteiger partial charge on any atom is -0.492 e. The summed E-state index contributed by atoms with van der Waals surface area (Å²) in [6, 6.07) is 9.92. The standard InChI is InChI=1S/C20H27N3O2.2ClH/c21-19-16-7-6-15(14-16)18(19)20(24)23-10-8-22(9-11-23)12-13-25-17-4-2-1-3-5-17;;/h1-7,15-16,18-19H,8-14,21H2;2*1H/t15-,16+,18-,19+;;/m1../s1. The van der Waals surface area contributed by atoms with E-state index in [1.165, 1.54) is 0 Å². The van der Waals surface area contributed by atoms with Crippen LogP contribution in [0.1, 0.15) is 6.42 Å². The SMILES string of the molecule is Cl.Cl.N[C@@H]1[C@H](C(=O)N2CCN(CCOc3ccccc3)CC2)[C@@H]2C=C[C@H]1C2. The van der Waals surface area contributed by atoms with Crippen molar-refractivity contribution in [2.75, 3.05) is 39.3 Å². The molecule has 4 atom stereocenters. The molecule has 0 aromatic heterocycles. The topological polar surface area (TPSA) is 58.8 Å². The van der Waals surface area contributed by atoms with Gasteiger partial charge in [0.15, 0.2) is 0 Å². The number of piperazine rings is 1. The van der Waals surface area contributed by atoms with Crippen LogP contribution in [0.4, 0.5) is 0 Å². The summed E-state index contributed by atoms with van der Waals surface area (Å²) in [5.74, 6) is 1.96. The molecule has 2 fully saturated rings. The van der Waals surface area contributed by atoms with E-state index in [-0.39, 0.29) is 42.7 Å². The van der Waals surface area contributed by atoms with Crippen LogP contribution in [0, 0.1) is 17.8 Å². The lowest BCUT2D eigenvalue weighted by atomic mass is 9.88. The highest BCUT2D eigenvalue weighted by molar-refractivity contribution is 5.85. The van der Waals surface area contributed by atoms with Gasteiger partial charge in [-0.2, -0.15) is 0 Å². The lowest BCUT2D eigenvalue weighted by molar-refractivity contribution is -0.138. The second-order valence-corrected chi connectivity index (χ2v) is 7.38. The molecule has 7 heteroatoms. The molecule has 2 N–H and O–H groups in total. The number of rotatable bonds is 5. The summed E-state index contributed by atoms with van der Waals surface area (Å²) >= 11 is 0. The number of para-hydroxylation sites is 1. The fourth-order valence-electron chi connectivity index (χ4n) is 4.42. The summed E-state index contributed by atoms with van der Waals surface area (Å²) in [7, 11) is 0. The molecule has 27 heavy (non-hydrogen) atoms. The van der Waals surface area contributed by atoms with E-state index in [0.29, 0.717) is 18.4 Å². The van der Waals surface area contributed by atoms with Gasteiger partial charge in [0.1, 0.15) is 12.4 Å². The number of ether oxygens (including phenoxy) is 1. The lowest BCUT2D eigenvalue weighted by Gasteiger charge is -2.37. The van der Waals surface area contributed by atoms with E-state index < -0.39 is 0 Å². The van der Waals surface area contributed by atoms with Crippen LogP contribution in [0.3, 0.4) is 0 Å². The van der Waals surface area contributed by atoms with Gasteiger partial charge >= 0.3 is 0 Å². The fourth-order valence-corrected chi connectivity index (χ4v) is 4.42. The first kappa shape index (κ1) is 22.0. The average Bonchev–Trinajstić information content (AvgIpc) is 3.24. The number of allylic oxidation sites excluding steroid dienone is 1. The minimum atomic E-state index is 0. The monoisotopic (exact) mass is 413 g/mol. The Hall–Kier alpha value is -1.27. The highest BCUT2D eigenvalue weighted by Gasteiger charge is 2.47. The third kappa shape index (κ3) is 4.77. The first-order valence-corrected chi connectivity index (χ1v) is 9.35. The number of nitrogens with two attached hydrogens (primary N) is 1. The molecule has 1 amide bonds. The van der Waals surface area contributed by atoms with Crippen LogP contribution in [-0.4, -0.2) is 61.1 Å². The van der Waals surface area contributed by atoms with Crippen molar-refractivity contribution in [1.29, 1.82) is 0 Å². The van der Waals surface area contributed by atoms with Crippen LogP contribution in [0.5, 0.6) is 5.75 Å². The van der Waals surface area contributed by atoms with Crippen molar-refractivity contribution < 1.29 is 9.53 Å². The second-order valence-electron chi connectivity index (χ2n) is 7.38. The summed E-state index contributed by atoms with van der Waals surface area (Å²) < 4.78 is 5.77. The van der Waals surface area contributed by atoms with E-state index in [0.717, 1.165) is 44.9 Å². The summed E-state index contributed by atoms with van der Waals surface area (Å²) in [6.45, 7) is 5.00. The molecule has 1 aromatic carbocycles. The zero-order valence-electron chi connectivity index (χ0n) is 15.4. The Labute approximate surface area is 173 Å². The van der Waals surface area contributed by atoms with Crippen molar-refractivity contribution in [3.05, 3.63) is 42.5 Å². The molecule has 5 nitrogen and oxygen atoms in total. The van der Waals surface area contributed by atoms with Gasteiger partial charge in [-0.1, -0.05) is 30.4 Å². The van der Waals surface area contributed by atoms with Gasteiger partial charge in [-0.25, -0.2) is 0 Å². The Balaban J connectivity index is 0.00000131. The van der Waals surface area contributed by atoms with Crippen LogP contribution in [0.25, 0.3) is 0 Å². The molecule has 150 valence electrons. The van der Waals surface area contributed by atoms with E-state index in [1.807, 2.05) is 35.2 Å². The Morgan fingerprint density at radius 1 is 1.04 bits per heavy atom. The summed E-state index contributed by atoms with van der Waals surface area (Å²) in [5.41, 5.74) is 6.29. The predicted octanol–water partition coefficient (Wildman–Crippen LogP) is 2.20. The van der Waals surface area contributed by atoms with Crippen LogP contribution in [0.15, 0.2) is 42.5 Å². The normalized spacial score (nSPS) is 29.1. The number of hydrogen-bond donors (Lipinski definition) is 1. The van der Waals surface area contributed by atoms with E-state index in [2.05, 4.69) is 17.1 Å². The maximum absolute atomic E-state index is 12.9. The molecular formula is C20H29Cl2N3O2. The van der Waals surface area contributed by atoms with Gasteiger partial charge in [-0.3, -0.25) is 9.69 Å². The van der Waals surface area contributed by atoms with Crippen LogP contribution >= 0.6 is 24.8 Å². The Kier molecular flexibility index (Phi) is 7.98. The third-order valence-electron chi connectivity index (χ3n) is 5.91. The maximum Gasteiger partial charge on any atom is 0.227 e. The molecule has 0 spiro atoms.